The Morgan fingerprint density at radius 3 is 2.45 bits per heavy atom. The second-order valence-corrected chi connectivity index (χ2v) is 11.0. The molecule has 8 atom stereocenters. The van der Waals surface area contributed by atoms with Crippen molar-refractivity contribution in [2.24, 2.45) is 5.92 Å². The number of hydrogen-bond acceptors (Lipinski definition) is 10. The number of amides is 1. The van der Waals surface area contributed by atoms with Gasteiger partial charge in [0, 0.05) is 23.5 Å². The molecule has 0 bridgehead atoms. The number of benzene rings is 1. The maximum atomic E-state index is 13.0. The minimum absolute atomic E-state index is 0. The van der Waals surface area contributed by atoms with E-state index in [-0.39, 0.29) is 48.3 Å². The molecule has 0 aliphatic carbocycles. The largest absolute Gasteiger partial charge is 1.00 e. The van der Waals surface area contributed by atoms with Gasteiger partial charge in [0.25, 0.3) is 0 Å². The number of aromatic nitrogens is 1. The van der Waals surface area contributed by atoms with Crippen molar-refractivity contribution < 1.29 is 78.3 Å². The molecule has 2 heterocycles. The van der Waals surface area contributed by atoms with Gasteiger partial charge in [-0.3, -0.25) is 13.9 Å². The average molecular weight is 564 g/mol. The molecule has 0 saturated carbocycles. The van der Waals surface area contributed by atoms with E-state index >= 15 is 0 Å². The van der Waals surface area contributed by atoms with Gasteiger partial charge in [-0.25, -0.2) is 5.09 Å². The molecule has 13 nitrogen and oxygen atoms in total. The monoisotopic (exact) mass is 564 g/mol. The Hall–Kier alpha value is -1.35. The van der Waals surface area contributed by atoms with E-state index in [9.17, 15) is 39.5 Å². The molecule has 206 valence electrons. The van der Waals surface area contributed by atoms with Gasteiger partial charge < -0.3 is 45.2 Å². The summed E-state index contributed by atoms with van der Waals surface area (Å²) in [6.07, 6.45) is -6.47. The standard InChI is InChI=1S/C23H34N3O10P.Na/c1-11(2)8-16(26-37(33,34)36-23-20(29)19(28)18(27)12(3)35-23)21(30)25-17(22(31)32)9-13-10-24-15-7-5-4-6-14(13)15;/h4-7,10-12,16-20,23-24,27-29H,8-9H2,1-3H3,(H,25,30)(H,31,32)(H2,26,33,34);/q;+1/p-2/t12-,16-,17-,18-,19+,20+,23-;/m0./s1. The zero-order valence-electron chi connectivity index (χ0n) is 21.6. The first-order chi connectivity index (χ1) is 17.3. The quantitative estimate of drug-likeness (QED) is 0.113. The summed E-state index contributed by atoms with van der Waals surface area (Å²) in [4.78, 5) is 40.6. The molecule has 1 aromatic heterocycles. The zero-order valence-corrected chi connectivity index (χ0v) is 24.5. The molecule has 38 heavy (non-hydrogen) atoms. The van der Waals surface area contributed by atoms with Crippen LogP contribution in [0.3, 0.4) is 0 Å². The third-order valence-corrected chi connectivity index (χ3v) is 7.20. The zero-order chi connectivity index (χ0) is 27.5. The maximum Gasteiger partial charge on any atom is 1.00 e. The maximum absolute atomic E-state index is 13.0. The molecule has 1 aromatic carbocycles. The van der Waals surface area contributed by atoms with E-state index in [0.717, 1.165) is 10.9 Å². The number of H-pyrrole nitrogens is 1. The van der Waals surface area contributed by atoms with E-state index in [0.29, 0.717) is 5.56 Å². The number of fused-ring (bicyclic) bond motifs is 1. The van der Waals surface area contributed by atoms with Gasteiger partial charge in [0.1, 0.15) is 18.3 Å². The minimum Gasteiger partial charge on any atom is -0.766 e. The number of carbonyl (C=O) groups excluding carboxylic acids is 2. The molecule has 3 rings (SSSR count). The predicted molar refractivity (Wildman–Crippen MR) is 126 cm³/mol. The summed E-state index contributed by atoms with van der Waals surface area (Å²) in [6, 6.07) is 4.31. The smallest absolute Gasteiger partial charge is 0.766 e. The van der Waals surface area contributed by atoms with Gasteiger partial charge in [0.2, 0.25) is 13.7 Å². The van der Waals surface area contributed by atoms with Gasteiger partial charge >= 0.3 is 29.6 Å². The molecule has 1 saturated heterocycles. The van der Waals surface area contributed by atoms with Crippen molar-refractivity contribution in [3.05, 3.63) is 36.0 Å². The van der Waals surface area contributed by atoms with E-state index in [4.69, 9.17) is 9.26 Å². The summed E-state index contributed by atoms with van der Waals surface area (Å²) in [5, 5.41) is 46.7. The fourth-order valence-corrected chi connectivity index (χ4v) is 5.25. The number of aromatic amines is 1. The number of para-hydroxylation sites is 1. The van der Waals surface area contributed by atoms with E-state index in [1.54, 1.807) is 32.2 Å². The van der Waals surface area contributed by atoms with Crippen molar-refractivity contribution in [2.45, 2.75) is 76.4 Å². The van der Waals surface area contributed by atoms with Crippen molar-refractivity contribution >= 4 is 30.5 Å². The minimum atomic E-state index is -5.10. The Morgan fingerprint density at radius 1 is 1.16 bits per heavy atom. The molecule has 2 aromatic rings. The van der Waals surface area contributed by atoms with Gasteiger partial charge in [-0.2, -0.15) is 0 Å². The molecule has 1 fully saturated rings. The molecule has 1 aliphatic heterocycles. The molecule has 1 unspecified atom stereocenters. The van der Waals surface area contributed by atoms with Crippen LogP contribution in [-0.4, -0.2) is 75.0 Å². The van der Waals surface area contributed by atoms with Crippen molar-refractivity contribution in [3.63, 3.8) is 0 Å². The van der Waals surface area contributed by atoms with Crippen molar-refractivity contribution in [1.29, 1.82) is 0 Å². The number of ether oxygens (including phenoxy) is 1. The van der Waals surface area contributed by atoms with Crippen molar-refractivity contribution in [2.75, 3.05) is 0 Å². The van der Waals surface area contributed by atoms with Crippen LogP contribution in [0.5, 0.6) is 0 Å². The SMILES string of the molecule is CC(C)C[C@H](NP(=O)([O-])O[C@@H]1O[C@@H](C)[C@H](O)[C@@H](O)[C@H]1O)C(=O)N[C@@H](Cc1c[nH]c2ccccc12)C(=O)[O-].[Na+]. The Kier molecular flexibility index (Phi) is 12.0. The number of aliphatic hydroxyl groups excluding tert-OH is 3. The van der Waals surface area contributed by atoms with Gasteiger partial charge in [-0.1, -0.05) is 32.0 Å². The van der Waals surface area contributed by atoms with Crippen LogP contribution in [0.1, 0.15) is 32.8 Å². The van der Waals surface area contributed by atoms with E-state index < -0.39 is 62.4 Å². The summed E-state index contributed by atoms with van der Waals surface area (Å²) < 4.78 is 22.7. The Morgan fingerprint density at radius 2 is 1.82 bits per heavy atom. The molecule has 1 aliphatic rings. The van der Waals surface area contributed by atoms with Crippen LogP contribution >= 0.6 is 7.75 Å². The topological polar surface area (TPSA) is 216 Å². The number of aliphatic hydroxyl groups is 3. The summed E-state index contributed by atoms with van der Waals surface area (Å²) in [7, 11) is -5.10. The third kappa shape index (κ3) is 8.33. The number of aliphatic carboxylic acids is 1. The molecule has 0 radical (unpaired) electrons. The molecular formula is C23H32N3NaO10P-. The normalized spacial score (nSPS) is 26.8. The van der Waals surface area contributed by atoms with E-state index in [1.807, 2.05) is 12.1 Å². The fourth-order valence-electron chi connectivity index (χ4n) is 4.13. The van der Waals surface area contributed by atoms with Gasteiger partial charge in [0.15, 0.2) is 6.29 Å². The Bertz CT molecular complexity index is 1150. The molecule has 0 spiro atoms. The van der Waals surface area contributed by atoms with Crippen molar-refractivity contribution in [1.82, 2.24) is 15.4 Å². The van der Waals surface area contributed by atoms with Crippen LogP contribution in [0.2, 0.25) is 0 Å². The van der Waals surface area contributed by atoms with Crippen LogP contribution < -0.4 is 50.0 Å². The van der Waals surface area contributed by atoms with E-state index in [1.165, 1.54) is 6.92 Å². The Balaban J connectivity index is 0.00000507. The first-order valence-electron chi connectivity index (χ1n) is 11.8. The first-order valence-corrected chi connectivity index (χ1v) is 13.4. The van der Waals surface area contributed by atoms with Crippen LogP contribution in [0.25, 0.3) is 10.9 Å². The summed E-state index contributed by atoms with van der Waals surface area (Å²) in [6.45, 7) is 4.81. The third-order valence-electron chi connectivity index (χ3n) is 6.09. The molecule has 6 N–H and O–H groups in total. The van der Waals surface area contributed by atoms with Gasteiger partial charge in [-0.05, 0) is 30.9 Å². The van der Waals surface area contributed by atoms with Crippen LogP contribution in [0.15, 0.2) is 30.5 Å². The summed E-state index contributed by atoms with van der Waals surface area (Å²) in [5.41, 5.74) is 1.40. The van der Waals surface area contributed by atoms with Crippen LogP contribution in [0.4, 0.5) is 0 Å². The fraction of sp³-hybridized carbons (Fsp3) is 0.565. The first kappa shape index (κ1) is 32.9. The predicted octanol–water partition coefficient (Wildman–Crippen LogP) is -4.73. The van der Waals surface area contributed by atoms with Crippen molar-refractivity contribution in [3.8, 4) is 0 Å². The van der Waals surface area contributed by atoms with Crippen LogP contribution in [0, 0.1) is 5.92 Å². The number of nitrogens with one attached hydrogen (secondary N) is 3. The number of carboxylic acids is 1. The Labute approximate surface area is 241 Å². The number of rotatable bonds is 11. The van der Waals surface area contributed by atoms with Gasteiger partial charge in [-0.15, -0.1) is 0 Å². The second kappa shape index (κ2) is 13.8. The second-order valence-electron chi connectivity index (χ2n) is 9.54. The summed E-state index contributed by atoms with van der Waals surface area (Å²) >= 11 is 0. The molecule has 1 amide bonds. The molecule has 15 heteroatoms. The number of carboxylic acid groups (broad SMARTS) is 1. The number of carbonyl (C=O) groups is 2. The summed E-state index contributed by atoms with van der Waals surface area (Å²) in [5.74, 6) is -2.66. The number of hydrogen-bond donors (Lipinski definition) is 6. The average Bonchev–Trinajstić information content (AvgIpc) is 3.22. The van der Waals surface area contributed by atoms with Crippen LogP contribution in [-0.2, 0) is 29.8 Å². The van der Waals surface area contributed by atoms with Gasteiger partial charge in [0.05, 0.1) is 24.2 Å². The molecular weight excluding hydrogens is 532 g/mol. The van der Waals surface area contributed by atoms with E-state index in [2.05, 4.69) is 15.4 Å².